The molecule has 0 spiro atoms. The number of hydrogen-bond acceptors (Lipinski definition) is 3. The smallest absolute Gasteiger partial charge is 0.223 e. The van der Waals surface area contributed by atoms with Gasteiger partial charge in [0, 0.05) is 19.5 Å². The molecular formula is C12H22N2O2. The van der Waals surface area contributed by atoms with E-state index in [9.17, 15) is 4.79 Å². The SMILES string of the molecule is CN1CCC(CC(=O)N2CCOCC2)CC1. The summed E-state index contributed by atoms with van der Waals surface area (Å²) >= 11 is 0. The number of amides is 1. The fourth-order valence-corrected chi connectivity index (χ4v) is 2.45. The van der Waals surface area contributed by atoms with Crippen molar-refractivity contribution in [2.45, 2.75) is 19.3 Å². The van der Waals surface area contributed by atoms with Crippen LogP contribution in [0.5, 0.6) is 0 Å². The van der Waals surface area contributed by atoms with Crippen molar-refractivity contribution in [3.05, 3.63) is 0 Å². The van der Waals surface area contributed by atoms with Crippen molar-refractivity contribution in [2.75, 3.05) is 46.4 Å². The number of carbonyl (C=O) groups excluding carboxylic acids is 1. The third kappa shape index (κ3) is 3.19. The molecular weight excluding hydrogens is 204 g/mol. The molecule has 0 N–H and O–H groups in total. The van der Waals surface area contributed by atoms with Gasteiger partial charge in [-0.15, -0.1) is 0 Å². The Bertz CT molecular complexity index is 231. The first-order chi connectivity index (χ1) is 7.75. The lowest BCUT2D eigenvalue weighted by molar-refractivity contribution is -0.136. The summed E-state index contributed by atoms with van der Waals surface area (Å²) in [7, 11) is 2.15. The standard InChI is InChI=1S/C12H22N2O2/c1-13-4-2-11(3-5-13)10-12(15)14-6-8-16-9-7-14/h11H,2-10H2,1H3. The second kappa shape index (κ2) is 5.64. The number of morpholine rings is 1. The van der Waals surface area contributed by atoms with Crippen LogP contribution in [0.3, 0.4) is 0 Å². The minimum absolute atomic E-state index is 0.331. The summed E-state index contributed by atoms with van der Waals surface area (Å²) in [5, 5.41) is 0. The molecule has 2 saturated heterocycles. The van der Waals surface area contributed by atoms with Gasteiger partial charge in [0.15, 0.2) is 0 Å². The minimum Gasteiger partial charge on any atom is -0.378 e. The van der Waals surface area contributed by atoms with Gasteiger partial charge in [-0.1, -0.05) is 0 Å². The average molecular weight is 226 g/mol. The lowest BCUT2D eigenvalue weighted by atomic mass is 9.93. The summed E-state index contributed by atoms with van der Waals surface area (Å²) in [6.45, 7) is 5.26. The highest BCUT2D eigenvalue weighted by atomic mass is 16.5. The first kappa shape index (κ1) is 11.9. The third-order valence-corrected chi connectivity index (χ3v) is 3.67. The third-order valence-electron chi connectivity index (χ3n) is 3.67. The Kier molecular flexibility index (Phi) is 4.18. The van der Waals surface area contributed by atoms with Crippen LogP contribution < -0.4 is 0 Å². The Labute approximate surface area is 97.5 Å². The molecule has 0 saturated carbocycles. The molecule has 92 valence electrons. The summed E-state index contributed by atoms with van der Waals surface area (Å²) < 4.78 is 5.25. The molecule has 4 nitrogen and oxygen atoms in total. The molecule has 0 aromatic carbocycles. The molecule has 0 atom stereocenters. The van der Waals surface area contributed by atoms with Gasteiger partial charge < -0.3 is 14.5 Å². The zero-order valence-corrected chi connectivity index (χ0v) is 10.2. The van der Waals surface area contributed by atoms with Crippen LogP contribution in [0.1, 0.15) is 19.3 Å². The van der Waals surface area contributed by atoms with E-state index in [1.807, 2.05) is 4.90 Å². The number of ether oxygens (including phenoxy) is 1. The second-order valence-corrected chi connectivity index (χ2v) is 4.94. The number of carbonyl (C=O) groups is 1. The van der Waals surface area contributed by atoms with Crippen molar-refractivity contribution in [3.8, 4) is 0 Å². The van der Waals surface area contributed by atoms with Gasteiger partial charge in [0.1, 0.15) is 0 Å². The predicted octanol–water partition coefficient (Wildman–Crippen LogP) is 0.577. The summed E-state index contributed by atoms with van der Waals surface area (Å²) in [5.74, 6) is 0.935. The largest absolute Gasteiger partial charge is 0.378 e. The van der Waals surface area contributed by atoms with Gasteiger partial charge >= 0.3 is 0 Å². The van der Waals surface area contributed by atoms with Gasteiger partial charge in [-0.3, -0.25) is 4.79 Å². The van der Waals surface area contributed by atoms with E-state index in [1.54, 1.807) is 0 Å². The number of piperidine rings is 1. The highest BCUT2D eigenvalue weighted by Crippen LogP contribution is 2.20. The molecule has 2 rings (SSSR count). The fraction of sp³-hybridized carbons (Fsp3) is 0.917. The van der Waals surface area contributed by atoms with Crippen molar-refractivity contribution in [3.63, 3.8) is 0 Å². The number of hydrogen-bond donors (Lipinski definition) is 0. The van der Waals surface area contributed by atoms with Crippen LogP contribution in [0.2, 0.25) is 0 Å². The number of rotatable bonds is 2. The molecule has 2 aliphatic heterocycles. The van der Waals surface area contributed by atoms with E-state index in [2.05, 4.69) is 11.9 Å². The fourth-order valence-electron chi connectivity index (χ4n) is 2.45. The van der Waals surface area contributed by atoms with E-state index < -0.39 is 0 Å². The predicted molar refractivity (Wildman–Crippen MR) is 62.2 cm³/mol. The van der Waals surface area contributed by atoms with Gasteiger partial charge in [0.2, 0.25) is 5.91 Å². The molecule has 0 radical (unpaired) electrons. The molecule has 2 fully saturated rings. The number of likely N-dealkylation sites (tertiary alicyclic amines) is 1. The first-order valence-electron chi connectivity index (χ1n) is 6.30. The topological polar surface area (TPSA) is 32.8 Å². The molecule has 4 heteroatoms. The van der Waals surface area contributed by atoms with Gasteiger partial charge in [-0.05, 0) is 38.9 Å². The minimum atomic E-state index is 0.331. The normalized spacial score (nSPS) is 24.7. The summed E-state index contributed by atoms with van der Waals surface area (Å²) in [5.41, 5.74) is 0. The monoisotopic (exact) mass is 226 g/mol. The average Bonchev–Trinajstić information content (AvgIpc) is 2.33. The van der Waals surface area contributed by atoms with Crippen molar-refractivity contribution < 1.29 is 9.53 Å². The summed E-state index contributed by atoms with van der Waals surface area (Å²) in [4.78, 5) is 16.3. The Balaban J connectivity index is 1.73. The van der Waals surface area contributed by atoms with Crippen LogP contribution >= 0.6 is 0 Å². The highest BCUT2D eigenvalue weighted by molar-refractivity contribution is 5.76. The maximum absolute atomic E-state index is 12.0. The molecule has 1 amide bonds. The molecule has 0 unspecified atom stereocenters. The van der Waals surface area contributed by atoms with E-state index in [-0.39, 0.29) is 0 Å². The van der Waals surface area contributed by atoms with Crippen LogP contribution in [0.25, 0.3) is 0 Å². The van der Waals surface area contributed by atoms with E-state index in [0.29, 0.717) is 25.0 Å². The van der Waals surface area contributed by atoms with Crippen LogP contribution in [0, 0.1) is 5.92 Å². The van der Waals surface area contributed by atoms with Crippen LogP contribution in [-0.4, -0.2) is 62.1 Å². The lowest BCUT2D eigenvalue weighted by Gasteiger charge is -2.32. The van der Waals surface area contributed by atoms with Crippen molar-refractivity contribution >= 4 is 5.91 Å². The second-order valence-electron chi connectivity index (χ2n) is 4.94. The molecule has 2 heterocycles. The van der Waals surface area contributed by atoms with E-state index in [1.165, 1.54) is 12.8 Å². The van der Waals surface area contributed by atoms with Crippen molar-refractivity contribution in [1.82, 2.24) is 9.80 Å². The van der Waals surface area contributed by atoms with Gasteiger partial charge in [-0.25, -0.2) is 0 Å². The van der Waals surface area contributed by atoms with E-state index in [4.69, 9.17) is 4.74 Å². The highest BCUT2D eigenvalue weighted by Gasteiger charge is 2.23. The molecule has 0 aromatic rings. The Morgan fingerprint density at radius 1 is 1.19 bits per heavy atom. The van der Waals surface area contributed by atoms with Crippen LogP contribution in [-0.2, 0) is 9.53 Å². The van der Waals surface area contributed by atoms with Crippen molar-refractivity contribution in [1.29, 1.82) is 0 Å². The Hall–Kier alpha value is -0.610. The molecule has 2 aliphatic rings. The zero-order chi connectivity index (χ0) is 11.4. The van der Waals surface area contributed by atoms with Gasteiger partial charge in [0.05, 0.1) is 13.2 Å². The van der Waals surface area contributed by atoms with E-state index in [0.717, 1.165) is 32.6 Å². The summed E-state index contributed by atoms with van der Waals surface area (Å²) in [6.07, 6.45) is 3.09. The van der Waals surface area contributed by atoms with Crippen LogP contribution in [0.4, 0.5) is 0 Å². The number of nitrogens with zero attached hydrogens (tertiary/aromatic N) is 2. The molecule has 0 aliphatic carbocycles. The first-order valence-corrected chi connectivity index (χ1v) is 6.30. The van der Waals surface area contributed by atoms with Gasteiger partial charge in [-0.2, -0.15) is 0 Å². The van der Waals surface area contributed by atoms with Crippen molar-refractivity contribution in [2.24, 2.45) is 5.92 Å². The summed E-state index contributed by atoms with van der Waals surface area (Å²) in [6, 6.07) is 0. The molecule has 16 heavy (non-hydrogen) atoms. The molecule has 0 bridgehead atoms. The zero-order valence-electron chi connectivity index (χ0n) is 10.2. The quantitative estimate of drug-likeness (QED) is 0.690. The maximum atomic E-state index is 12.0. The van der Waals surface area contributed by atoms with Gasteiger partial charge in [0.25, 0.3) is 0 Å². The Morgan fingerprint density at radius 3 is 2.44 bits per heavy atom. The maximum Gasteiger partial charge on any atom is 0.223 e. The Morgan fingerprint density at radius 2 is 1.81 bits per heavy atom. The van der Waals surface area contributed by atoms with Crippen LogP contribution in [0.15, 0.2) is 0 Å². The van der Waals surface area contributed by atoms with E-state index >= 15 is 0 Å². The molecule has 0 aromatic heterocycles. The lowest BCUT2D eigenvalue weighted by Crippen LogP contribution is -2.42.